The summed E-state index contributed by atoms with van der Waals surface area (Å²) in [6.07, 6.45) is 0. The normalized spacial score (nSPS) is 10.6. The molecule has 0 fully saturated rings. The zero-order valence-electron chi connectivity index (χ0n) is 15.1. The molecule has 0 unspecified atom stereocenters. The van der Waals surface area contributed by atoms with E-state index in [2.05, 4.69) is 5.32 Å². The molecule has 3 aromatic rings. The molecule has 0 saturated carbocycles. The van der Waals surface area contributed by atoms with Crippen LogP contribution in [-0.4, -0.2) is 17.4 Å². The quantitative estimate of drug-likeness (QED) is 0.393. The van der Waals surface area contributed by atoms with Crippen molar-refractivity contribution in [2.75, 3.05) is 11.1 Å². The number of nitrogens with one attached hydrogen (secondary N) is 1. The maximum atomic E-state index is 12.8. The van der Waals surface area contributed by atoms with Gasteiger partial charge in [-0.15, -0.1) is 11.8 Å². The molecule has 0 radical (unpaired) electrons. The summed E-state index contributed by atoms with van der Waals surface area (Å²) in [5.41, 5.74) is 2.29. The van der Waals surface area contributed by atoms with Gasteiger partial charge in [-0.25, -0.2) is 0 Å². The van der Waals surface area contributed by atoms with Gasteiger partial charge in [0.15, 0.2) is 5.78 Å². The summed E-state index contributed by atoms with van der Waals surface area (Å²) in [4.78, 5) is 25.2. The lowest BCUT2D eigenvalue weighted by Gasteiger charge is -2.11. The van der Waals surface area contributed by atoms with Crippen LogP contribution in [0.2, 0.25) is 15.1 Å². The Bertz CT molecular complexity index is 1040. The third kappa shape index (κ3) is 6.00. The molecular formula is C22H16Cl3NO2S. The highest BCUT2D eigenvalue weighted by Gasteiger charge is 2.16. The fraction of sp³-hybridized carbons (Fsp3) is 0.0909. The van der Waals surface area contributed by atoms with Crippen molar-refractivity contribution in [3.05, 3.63) is 98.5 Å². The van der Waals surface area contributed by atoms with E-state index in [1.54, 1.807) is 54.6 Å². The number of hydrogen-bond donors (Lipinski definition) is 1. The molecule has 0 heterocycles. The maximum absolute atomic E-state index is 12.8. The number of hydrogen-bond acceptors (Lipinski definition) is 3. The molecule has 1 N–H and O–H groups in total. The zero-order chi connectivity index (χ0) is 20.8. The third-order valence-corrected chi connectivity index (χ3v) is 6.00. The van der Waals surface area contributed by atoms with Gasteiger partial charge >= 0.3 is 0 Å². The van der Waals surface area contributed by atoms with Crippen LogP contribution in [0.15, 0.2) is 66.7 Å². The number of rotatable bonds is 7. The summed E-state index contributed by atoms with van der Waals surface area (Å²) < 4.78 is 0. The van der Waals surface area contributed by atoms with E-state index in [0.29, 0.717) is 37.6 Å². The van der Waals surface area contributed by atoms with Crippen molar-refractivity contribution in [2.45, 2.75) is 5.75 Å². The van der Waals surface area contributed by atoms with Crippen LogP contribution in [0.4, 0.5) is 5.69 Å². The summed E-state index contributed by atoms with van der Waals surface area (Å²) >= 11 is 19.4. The van der Waals surface area contributed by atoms with E-state index in [0.717, 1.165) is 5.56 Å². The van der Waals surface area contributed by atoms with Gasteiger partial charge in [0.2, 0.25) is 5.91 Å². The van der Waals surface area contributed by atoms with Gasteiger partial charge in [0.05, 0.1) is 21.5 Å². The molecule has 3 rings (SSSR count). The van der Waals surface area contributed by atoms with Crippen molar-refractivity contribution in [2.24, 2.45) is 0 Å². The first kappa shape index (κ1) is 21.7. The largest absolute Gasteiger partial charge is 0.325 e. The number of halogens is 3. The predicted molar refractivity (Wildman–Crippen MR) is 123 cm³/mol. The number of carbonyl (C=O) groups is 2. The van der Waals surface area contributed by atoms with Gasteiger partial charge < -0.3 is 5.32 Å². The van der Waals surface area contributed by atoms with E-state index in [4.69, 9.17) is 34.8 Å². The SMILES string of the molecule is O=C(CSCc1ccc(Cl)c(Cl)c1)Nc1ccc(Cl)cc1C(=O)c1ccccc1. The zero-order valence-corrected chi connectivity index (χ0v) is 18.2. The van der Waals surface area contributed by atoms with Crippen LogP contribution in [0.5, 0.6) is 0 Å². The molecule has 0 aliphatic rings. The molecule has 0 bridgehead atoms. The number of ketones is 1. The Morgan fingerprint density at radius 3 is 2.34 bits per heavy atom. The summed E-state index contributed by atoms with van der Waals surface area (Å²) in [6, 6.07) is 19.1. The molecule has 1 amide bonds. The Hall–Kier alpha value is -1.98. The highest BCUT2D eigenvalue weighted by atomic mass is 35.5. The third-order valence-electron chi connectivity index (χ3n) is 4.02. The summed E-state index contributed by atoms with van der Waals surface area (Å²) in [5.74, 6) is 0.425. The first-order valence-electron chi connectivity index (χ1n) is 8.65. The van der Waals surface area contributed by atoms with Crippen LogP contribution in [0.3, 0.4) is 0 Å². The lowest BCUT2D eigenvalue weighted by Crippen LogP contribution is -2.17. The van der Waals surface area contributed by atoms with Crippen molar-refractivity contribution in [1.82, 2.24) is 0 Å². The van der Waals surface area contributed by atoms with Gasteiger partial charge in [-0.3, -0.25) is 9.59 Å². The van der Waals surface area contributed by atoms with Crippen LogP contribution in [0.25, 0.3) is 0 Å². The van der Waals surface area contributed by atoms with Gasteiger partial charge in [0, 0.05) is 21.9 Å². The fourth-order valence-corrected chi connectivity index (χ4v) is 3.90. The minimum absolute atomic E-state index is 0.202. The molecule has 0 spiro atoms. The molecule has 3 aromatic carbocycles. The monoisotopic (exact) mass is 463 g/mol. The molecule has 0 saturated heterocycles. The van der Waals surface area contributed by atoms with Crippen LogP contribution >= 0.6 is 46.6 Å². The van der Waals surface area contributed by atoms with Gasteiger partial charge in [-0.05, 0) is 35.9 Å². The Balaban J connectivity index is 1.65. The van der Waals surface area contributed by atoms with E-state index < -0.39 is 0 Å². The second-order valence-corrected chi connectivity index (χ2v) is 8.41. The lowest BCUT2D eigenvalue weighted by molar-refractivity contribution is -0.113. The Morgan fingerprint density at radius 1 is 0.862 bits per heavy atom. The van der Waals surface area contributed by atoms with Crippen LogP contribution in [-0.2, 0) is 10.5 Å². The van der Waals surface area contributed by atoms with Crippen LogP contribution < -0.4 is 5.32 Å². The van der Waals surface area contributed by atoms with Gasteiger partial charge in [0.25, 0.3) is 0 Å². The van der Waals surface area contributed by atoms with Crippen molar-refractivity contribution in [3.63, 3.8) is 0 Å². The smallest absolute Gasteiger partial charge is 0.234 e. The Morgan fingerprint density at radius 2 is 1.62 bits per heavy atom. The molecule has 0 aliphatic carbocycles. The molecule has 29 heavy (non-hydrogen) atoms. The average Bonchev–Trinajstić information content (AvgIpc) is 2.72. The number of carbonyl (C=O) groups excluding carboxylic acids is 2. The van der Waals surface area contributed by atoms with Crippen molar-refractivity contribution >= 4 is 63.9 Å². The molecule has 148 valence electrons. The van der Waals surface area contributed by atoms with Crippen molar-refractivity contribution in [1.29, 1.82) is 0 Å². The molecular weight excluding hydrogens is 449 g/mol. The van der Waals surface area contributed by atoms with E-state index >= 15 is 0 Å². The molecule has 7 heteroatoms. The van der Waals surface area contributed by atoms with Gasteiger partial charge in [-0.2, -0.15) is 0 Å². The second-order valence-electron chi connectivity index (χ2n) is 6.17. The summed E-state index contributed by atoms with van der Waals surface area (Å²) in [5, 5.41) is 4.22. The second kappa shape index (κ2) is 10.2. The molecule has 0 aromatic heterocycles. The van der Waals surface area contributed by atoms with Crippen LogP contribution in [0, 0.1) is 0 Å². The Labute approximate surface area is 188 Å². The minimum atomic E-state index is -0.209. The number of thioether (sulfide) groups is 1. The van der Waals surface area contributed by atoms with E-state index in [-0.39, 0.29) is 17.4 Å². The van der Waals surface area contributed by atoms with Gasteiger partial charge in [0.1, 0.15) is 0 Å². The average molecular weight is 465 g/mol. The van der Waals surface area contributed by atoms with Gasteiger partial charge in [-0.1, -0.05) is 71.2 Å². The minimum Gasteiger partial charge on any atom is -0.325 e. The predicted octanol–water partition coefficient (Wildman–Crippen LogP) is 6.75. The van der Waals surface area contributed by atoms with E-state index in [9.17, 15) is 9.59 Å². The number of benzene rings is 3. The number of amides is 1. The molecule has 0 aliphatic heterocycles. The van der Waals surface area contributed by atoms with Crippen LogP contribution in [0.1, 0.15) is 21.5 Å². The summed E-state index contributed by atoms with van der Waals surface area (Å²) in [7, 11) is 0. The highest BCUT2D eigenvalue weighted by Crippen LogP contribution is 2.26. The first-order chi connectivity index (χ1) is 13.9. The standard InChI is InChI=1S/C22H16Cl3NO2S/c23-16-7-9-20(17(11-16)22(28)15-4-2-1-3-5-15)26-21(27)13-29-12-14-6-8-18(24)19(25)10-14/h1-11H,12-13H2,(H,26,27). The first-order valence-corrected chi connectivity index (χ1v) is 10.9. The summed E-state index contributed by atoms with van der Waals surface area (Å²) in [6.45, 7) is 0. The van der Waals surface area contributed by atoms with E-state index in [1.807, 2.05) is 12.1 Å². The Kier molecular flexibility index (Phi) is 7.62. The highest BCUT2D eigenvalue weighted by molar-refractivity contribution is 7.99. The van der Waals surface area contributed by atoms with E-state index in [1.165, 1.54) is 11.8 Å². The fourth-order valence-electron chi connectivity index (χ4n) is 2.64. The van der Waals surface area contributed by atoms with Crippen molar-refractivity contribution in [3.8, 4) is 0 Å². The number of anilines is 1. The molecule has 0 atom stereocenters. The topological polar surface area (TPSA) is 46.2 Å². The maximum Gasteiger partial charge on any atom is 0.234 e. The molecule has 3 nitrogen and oxygen atoms in total. The van der Waals surface area contributed by atoms with Crippen molar-refractivity contribution < 1.29 is 9.59 Å². The lowest BCUT2D eigenvalue weighted by atomic mass is 10.0.